The van der Waals surface area contributed by atoms with Crippen molar-refractivity contribution in [3.05, 3.63) is 70.7 Å². The number of pyridine rings is 1. The Morgan fingerprint density at radius 1 is 1.06 bits per heavy atom. The van der Waals surface area contributed by atoms with E-state index in [0.29, 0.717) is 23.1 Å². The number of benzene rings is 2. The van der Waals surface area contributed by atoms with Crippen LogP contribution in [0.15, 0.2) is 42.6 Å². The van der Waals surface area contributed by atoms with E-state index in [-0.39, 0.29) is 22.4 Å². The van der Waals surface area contributed by atoms with Gasteiger partial charge in [-0.15, -0.1) is 0 Å². The van der Waals surface area contributed by atoms with E-state index >= 15 is 0 Å². The molecule has 35 heavy (non-hydrogen) atoms. The molecule has 3 rings (SSSR count). The first kappa shape index (κ1) is 26.2. The van der Waals surface area contributed by atoms with Crippen molar-refractivity contribution in [2.24, 2.45) is 5.41 Å². The van der Waals surface area contributed by atoms with E-state index < -0.39 is 30.1 Å². The van der Waals surface area contributed by atoms with Crippen LogP contribution in [0.4, 0.5) is 13.2 Å². The number of fused-ring (bicyclic) bond motifs is 1. The first-order valence-corrected chi connectivity index (χ1v) is 10.8. The van der Waals surface area contributed by atoms with Crippen LogP contribution < -0.4 is 4.74 Å². The average molecular weight is 489 g/mol. The molecular weight excluding hydrogens is 463 g/mol. The molecule has 0 radical (unpaired) electrons. The van der Waals surface area contributed by atoms with Crippen LogP contribution in [0.3, 0.4) is 0 Å². The molecule has 3 aromatic rings. The zero-order valence-corrected chi connectivity index (χ0v) is 20.0. The highest BCUT2D eigenvalue weighted by Gasteiger charge is 2.28. The Labute approximate surface area is 201 Å². The number of hydrogen-bond acceptors (Lipinski definition) is 6. The summed E-state index contributed by atoms with van der Waals surface area (Å²) in [6, 6.07) is 9.44. The smallest absolute Gasteiger partial charge is 0.376 e. The van der Waals surface area contributed by atoms with Gasteiger partial charge in [-0.1, -0.05) is 45.0 Å². The van der Waals surface area contributed by atoms with Gasteiger partial charge < -0.3 is 9.47 Å². The summed E-state index contributed by atoms with van der Waals surface area (Å²) in [5.74, 6) is -1.85. The molecule has 2 aromatic carbocycles. The Balaban J connectivity index is 1.98. The lowest BCUT2D eigenvalue weighted by Gasteiger charge is -2.19. The highest BCUT2D eigenvalue weighted by atomic mass is 19.3. The van der Waals surface area contributed by atoms with Crippen molar-refractivity contribution < 1.29 is 37.0 Å². The fourth-order valence-corrected chi connectivity index (χ4v) is 3.58. The van der Waals surface area contributed by atoms with Crippen molar-refractivity contribution in [2.45, 2.75) is 47.0 Å². The van der Waals surface area contributed by atoms with Crippen LogP contribution in [-0.2, 0) is 20.7 Å². The number of carbonyl (C=O) groups excluding carboxylic acids is 2. The Hall–Kier alpha value is -3.46. The molecule has 0 aliphatic carbocycles. The number of aromatic nitrogens is 1. The zero-order valence-electron chi connectivity index (χ0n) is 20.0. The highest BCUT2D eigenvalue weighted by Crippen LogP contribution is 2.33. The largest absolute Gasteiger partial charge is 0.464 e. The van der Waals surface area contributed by atoms with E-state index in [9.17, 15) is 22.8 Å². The number of alkyl halides is 2. The molecule has 0 saturated carbocycles. The Morgan fingerprint density at radius 3 is 2.29 bits per heavy atom. The van der Waals surface area contributed by atoms with Crippen molar-refractivity contribution >= 4 is 22.7 Å². The molecule has 0 N–H and O–H groups in total. The third kappa shape index (κ3) is 5.97. The summed E-state index contributed by atoms with van der Waals surface area (Å²) in [5.41, 5.74) is 2.23. The molecule has 0 fully saturated rings. The number of Topliss-reactive ketones (excluding diaryl/α,β-unsaturated/α-hetero) is 1. The van der Waals surface area contributed by atoms with Gasteiger partial charge in [0.25, 0.3) is 0 Å². The summed E-state index contributed by atoms with van der Waals surface area (Å²) in [5, 5.41) is 0.216. The van der Waals surface area contributed by atoms with E-state index in [1.54, 1.807) is 19.1 Å². The van der Waals surface area contributed by atoms with Crippen molar-refractivity contribution in [1.82, 2.24) is 4.98 Å². The van der Waals surface area contributed by atoms with Gasteiger partial charge in [0, 0.05) is 22.6 Å². The van der Waals surface area contributed by atoms with E-state index in [2.05, 4.69) is 14.5 Å². The molecule has 1 atom stereocenters. The molecule has 0 spiro atoms. The van der Waals surface area contributed by atoms with Crippen molar-refractivity contribution in [3.8, 4) is 5.75 Å². The maximum absolute atomic E-state index is 14.5. The zero-order chi connectivity index (χ0) is 25.9. The minimum absolute atomic E-state index is 0.0241. The number of rotatable bonds is 8. The molecule has 0 saturated heterocycles. The van der Waals surface area contributed by atoms with E-state index in [0.717, 1.165) is 18.7 Å². The predicted octanol–water partition coefficient (Wildman–Crippen LogP) is 5.62. The lowest BCUT2D eigenvalue weighted by Crippen LogP contribution is -2.33. The number of ether oxygens (including phenoxy) is 3. The van der Waals surface area contributed by atoms with Gasteiger partial charge in [0.2, 0.25) is 0 Å². The number of methoxy groups -OCH3 is 1. The van der Waals surface area contributed by atoms with Crippen LogP contribution >= 0.6 is 0 Å². The monoisotopic (exact) mass is 489 g/mol. The van der Waals surface area contributed by atoms with Crippen LogP contribution in [0.25, 0.3) is 10.9 Å². The predicted molar refractivity (Wildman–Crippen MR) is 123 cm³/mol. The van der Waals surface area contributed by atoms with Crippen LogP contribution in [0.5, 0.6) is 5.75 Å². The molecule has 9 heteroatoms. The van der Waals surface area contributed by atoms with Gasteiger partial charge in [-0.25, -0.2) is 9.18 Å². The third-order valence-corrected chi connectivity index (χ3v) is 5.44. The van der Waals surface area contributed by atoms with Crippen LogP contribution in [0.1, 0.15) is 47.8 Å². The molecule has 6 nitrogen and oxygen atoms in total. The van der Waals surface area contributed by atoms with Crippen LogP contribution in [-0.4, -0.2) is 36.7 Å². The summed E-state index contributed by atoms with van der Waals surface area (Å²) in [7, 11) is 1.00. The summed E-state index contributed by atoms with van der Waals surface area (Å²) in [6.07, 6.45) is -0.126. The van der Waals surface area contributed by atoms with Gasteiger partial charge in [0.15, 0.2) is 5.78 Å². The molecule has 0 amide bonds. The number of ketones is 1. The number of nitrogens with zero attached hydrogens (tertiary/aromatic N) is 1. The fourth-order valence-electron chi connectivity index (χ4n) is 3.58. The lowest BCUT2D eigenvalue weighted by molar-refractivity contribution is -0.228. The molecular formula is C26H26F3NO5. The average Bonchev–Trinajstić information content (AvgIpc) is 2.80. The molecule has 186 valence electrons. The van der Waals surface area contributed by atoms with Gasteiger partial charge in [-0.05, 0) is 42.2 Å². The summed E-state index contributed by atoms with van der Waals surface area (Å²) >= 11 is 0. The fraction of sp³-hybridized carbons (Fsp3) is 0.346. The van der Waals surface area contributed by atoms with Crippen LogP contribution in [0.2, 0.25) is 0 Å². The number of aryl methyl sites for hydroxylation is 1. The highest BCUT2D eigenvalue weighted by molar-refractivity contribution is 5.99. The second-order valence-electron chi connectivity index (χ2n) is 9.00. The molecule has 0 bridgehead atoms. The molecule has 1 heterocycles. The number of esters is 1. The maximum Gasteiger partial charge on any atom is 0.376 e. The van der Waals surface area contributed by atoms with Gasteiger partial charge in [0.1, 0.15) is 17.1 Å². The second-order valence-corrected chi connectivity index (χ2v) is 9.00. The Morgan fingerprint density at radius 2 is 1.71 bits per heavy atom. The summed E-state index contributed by atoms with van der Waals surface area (Å²) < 4.78 is 54.2. The molecule has 1 unspecified atom stereocenters. The maximum atomic E-state index is 14.5. The normalized spacial score (nSPS) is 12.6. The van der Waals surface area contributed by atoms with Gasteiger partial charge in [-0.3, -0.25) is 14.5 Å². The first-order chi connectivity index (χ1) is 16.4. The lowest BCUT2D eigenvalue weighted by atomic mass is 9.86. The minimum atomic E-state index is -3.30. The molecule has 1 aromatic heterocycles. The molecule has 0 aliphatic rings. The summed E-state index contributed by atoms with van der Waals surface area (Å²) in [4.78, 5) is 28.5. The van der Waals surface area contributed by atoms with Crippen molar-refractivity contribution in [2.75, 3.05) is 7.11 Å². The Bertz CT molecular complexity index is 1240. The number of carbonyl (C=O) groups is 2. The van der Waals surface area contributed by atoms with Crippen molar-refractivity contribution in [1.29, 1.82) is 0 Å². The molecule has 0 aliphatic heterocycles. The van der Waals surface area contributed by atoms with E-state index in [1.807, 2.05) is 32.9 Å². The van der Waals surface area contributed by atoms with E-state index in [1.165, 1.54) is 12.3 Å². The van der Waals surface area contributed by atoms with Gasteiger partial charge in [-0.2, -0.15) is 8.78 Å². The minimum Gasteiger partial charge on any atom is -0.464 e. The standard InChI is InChI=1S/C26H26F3NO5/c1-14-17(12-15-6-8-16(9-7-15)22(31)26(2,3)4)13-30-21-18(27)10-11-19(20(14)21)34-24(23(32)33-5)35-25(28)29/h6-11,13,24-25H,12H2,1-5H3. The first-order valence-electron chi connectivity index (χ1n) is 10.8. The number of hydrogen-bond donors (Lipinski definition) is 0. The van der Waals surface area contributed by atoms with E-state index in [4.69, 9.17) is 4.74 Å². The van der Waals surface area contributed by atoms with Gasteiger partial charge in [0.05, 0.1) is 7.11 Å². The third-order valence-electron chi connectivity index (χ3n) is 5.44. The Kier molecular flexibility index (Phi) is 7.80. The second kappa shape index (κ2) is 10.4. The SMILES string of the molecule is COC(=O)C(Oc1ccc(F)c2ncc(Cc3ccc(C(=O)C(C)(C)C)cc3)c(C)c12)OC(F)F. The number of halogens is 3. The van der Waals surface area contributed by atoms with Gasteiger partial charge >= 0.3 is 18.9 Å². The topological polar surface area (TPSA) is 74.7 Å². The van der Waals surface area contributed by atoms with Crippen LogP contribution in [0, 0.1) is 18.2 Å². The van der Waals surface area contributed by atoms with Crippen molar-refractivity contribution in [3.63, 3.8) is 0 Å². The summed E-state index contributed by atoms with van der Waals surface area (Å²) in [6.45, 7) is 3.97. The quantitative estimate of drug-likeness (QED) is 0.232.